The molecule has 0 aromatic carbocycles. The highest BCUT2D eigenvalue weighted by molar-refractivity contribution is 7.90. The molecule has 1 N–H and O–H groups in total. The molecule has 0 amide bonds. The molecule has 0 bridgehead atoms. The summed E-state index contributed by atoms with van der Waals surface area (Å²) in [4.78, 5) is 15.5. The van der Waals surface area contributed by atoms with Crippen LogP contribution in [0.5, 0.6) is 0 Å². The first kappa shape index (κ1) is 14.8. The normalized spacial score (nSPS) is 12.4. The summed E-state index contributed by atoms with van der Waals surface area (Å²) in [5.41, 5.74) is 0.733. The van der Waals surface area contributed by atoms with Gasteiger partial charge in [0.05, 0.1) is 10.6 Å². The van der Waals surface area contributed by atoms with Crippen LogP contribution >= 0.6 is 11.3 Å². The van der Waals surface area contributed by atoms with Crippen molar-refractivity contribution in [3.63, 3.8) is 0 Å². The molecule has 0 saturated heterocycles. The van der Waals surface area contributed by atoms with Gasteiger partial charge in [-0.25, -0.2) is 18.2 Å². The summed E-state index contributed by atoms with van der Waals surface area (Å²) in [6.07, 6.45) is 3.64. The molecule has 7 heteroatoms. The molecule has 0 unspecified atom stereocenters. The number of carbonyl (C=O) groups is 1. The SMILES string of the molecule is CC(C)c1nc(CS(C)(=O)=O)sc1/C=C/C(=O)O. The zero-order chi connectivity index (χ0) is 13.9. The van der Waals surface area contributed by atoms with Crippen LogP contribution in [-0.4, -0.2) is 30.7 Å². The van der Waals surface area contributed by atoms with E-state index in [-0.39, 0.29) is 11.7 Å². The standard InChI is InChI=1S/C11H15NO4S2/c1-7(2)11-8(4-5-10(13)14)17-9(12-11)6-18(3,15)16/h4-5,7H,6H2,1-3H3,(H,13,14)/b5-4+. The Balaban J connectivity index is 3.12. The zero-order valence-electron chi connectivity index (χ0n) is 10.4. The number of thiazole rings is 1. The van der Waals surface area contributed by atoms with Gasteiger partial charge in [0.1, 0.15) is 10.8 Å². The Hall–Kier alpha value is -1.21. The summed E-state index contributed by atoms with van der Waals surface area (Å²) in [7, 11) is -3.13. The van der Waals surface area contributed by atoms with E-state index in [0.717, 1.165) is 18.0 Å². The first-order valence-electron chi connectivity index (χ1n) is 5.27. The highest BCUT2D eigenvalue weighted by Gasteiger charge is 2.15. The van der Waals surface area contributed by atoms with Crippen molar-refractivity contribution >= 4 is 33.2 Å². The summed E-state index contributed by atoms with van der Waals surface area (Å²) < 4.78 is 22.4. The third kappa shape index (κ3) is 4.58. The van der Waals surface area contributed by atoms with Crippen LogP contribution < -0.4 is 0 Å². The number of aromatic nitrogens is 1. The van der Waals surface area contributed by atoms with Gasteiger partial charge in [-0.15, -0.1) is 11.3 Å². The molecular weight excluding hydrogens is 274 g/mol. The number of carboxylic acid groups (broad SMARTS) is 1. The molecule has 0 atom stereocenters. The van der Waals surface area contributed by atoms with E-state index in [1.807, 2.05) is 13.8 Å². The number of hydrogen-bond donors (Lipinski definition) is 1. The molecule has 1 rings (SSSR count). The van der Waals surface area contributed by atoms with E-state index in [0.29, 0.717) is 9.88 Å². The molecule has 1 aromatic heterocycles. The van der Waals surface area contributed by atoms with Crippen molar-refractivity contribution in [2.45, 2.75) is 25.5 Å². The number of nitrogens with zero attached hydrogens (tertiary/aromatic N) is 1. The fraction of sp³-hybridized carbons (Fsp3) is 0.455. The van der Waals surface area contributed by atoms with Crippen molar-refractivity contribution in [1.82, 2.24) is 4.98 Å². The maximum absolute atomic E-state index is 11.2. The number of hydrogen-bond acceptors (Lipinski definition) is 5. The molecule has 0 aliphatic carbocycles. The zero-order valence-corrected chi connectivity index (χ0v) is 12.0. The quantitative estimate of drug-likeness (QED) is 0.837. The molecular formula is C11H15NO4S2. The lowest BCUT2D eigenvalue weighted by atomic mass is 10.1. The largest absolute Gasteiger partial charge is 0.478 e. The van der Waals surface area contributed by atoms with Crippen molar-refractivity contribution in [2.24, 2.45) is 0 Å². The predicted octanol–water partition coefficient (Wildman–Crippen LogP) is 1.91. The van der Waals surface area contributed by atoms with Crippen LogP contribution in [0.4, 0.5) is 0 Å². The maximum Gasteiger partial charge on any atom is 0.328 e. The second kappa shape index (κ2) is 5.62. The summed E-state index contributed by atoms with van der Waals surface area (Å²) in [6.45, 7) is 3.86. The lowest BCUT2D eigenvalue weighted by Gasteiger charge is -2.00. The Morgan fingerprint density at radius 2 is 2.11 bits per heavy atom. The molecule has 0 spiro atoms. The first-order chi connectivity index (χ1) is 8.19. The van der Waals surface area contributed by atoms with Crippen LogP contribution in [0.1, 0.15) is 35.3 Å². The van der Waals surface area contributed by atoms with Gasteiger partial charge in [-0.3, -0.25) is 0 Å². The second-order valence-corrected chi connectivity index (χ2v) is 7.51. The minimum atomic E-state index is -3.13. The Morgan fingerprint density at radius 3 is 2.56 bits per heavy atom. The fourth-order valence-corrected chi connectivity index (χ4v) is 3.67. The van der Waals surface area contributed by atoms with E-state index < -0.39 is 15.8 Å². The predicted molar refractivity (Wildman–Crippen MR) is 71.4 cm³/mol. The Bertz CT molecular complexity index is 570. The summed E-state index contributed by atoms with van der Waals surface area (Å²) >= 11 is 1.22. The van der Waals surface area contributed by atoms with Gasteiger partial charge in [-0.1, -0.05) is 13.8 Å². The van der Waals surface area contributed by atoms with E-state index >= 15 is 0 Å². The third-order valence-corrected chi connectivity index (χ3v) is 4.05. The summed E-state index contributed by atoms with van der Waals surface area (Å²) in [5.74, 6) is -1.04. The molecule has 1 heterocycles. The molecule has 1 aromatic rings. The van der Waals surface area contributed by atoms with Crippen molar-refractivity contribution < 1.29 is 18.3 Å². The Morgan fingerprint density at radius 1 is 1.50 bits per heavy atom. The minimum Gasteiger partial charge on any atom is -0.478 e. The average molecular weight is 289 g/mol. The van der Waals surface area contributed by atoms with Crippen molar-refractivity contribution in [2.75, 3.05) is 6.26 Å². The van der Waals surface area contributed by atoms with E-state index in [1.54, 1.807) is 0 Å². The topological polar surface area (TPSA) is 84.3 Å². The van der Waals surface area contributed by atoms with Gasteiger partial charge in [-0.2, -0.15) is 0 Å². The summed E-state index contributed by atoms with van der Waals surface area (Å²) in [6, 6.07) is 0. The van der Waals surface area contributed by atoms with Gasteiger partial charge >= 0.3 is 5.97 Å². The lowest BCUT2D eigenvalue weighted by molar-refractivity contribution is -0.131. The Kier molecular flexibility index (Phi) is 4.64. The lowest BCUT2D eigenvalue weighted by Crippen LogP contribution is -2.00. The van der Waals surface area contributed by atoms with Gasteiger partial charge in [0.15, 0.2) is 9.84 Å². The molecule has 0 aliphatic heterocycles. The van der Waals surface area contributed by atoms with Crippen LogP contribution in [0.15, 0.2) is 6.08 Å². The van der Waals surface area contributed by atoms with E-state index in [1.165, 1.54) is 17.4 Å². The molecule has 0 radical (unpaired) electrons. The smallest absolute Gasteiger partial charge is 0.328 e. The summed E-state index contributed by atoms with van der Waals surface area (Å²) in [5, 5.41) is 9.09. The van der Waals surface area contributed by atoms with Crippen LogP contribution in [-0.2, 0) is 20.4 Å². The molecule has 0 aliphatic rings. The molecule has 0 fully saturated rings. The van der Waals surface area contributed by atoms with Crippen LogP contribution in [0.2, 0.25) is 0 Å². The van der Waals surface area contributed by atoms with Crippen LogP contribution in [0.3, 0.4) is 0 Å². The van der Waals surface area contributed by atoms with Crippen molar-refractivity contribution in [3.8, 4) is 0 Å². The van der Waals surface area contributed by atoms with E-state index in [9.17, 15) is 13.2 Å². The number of sulfone groups is 1. The number of aliphatic carboxylic acids is 1. The first-order valence-corrected chi connectivity index (χ1v) is 8.15. The Labute approximate surface area is 110 Å². The number of carboxylic acids is 1. The fourth-order valence-electron chi connectivity index (χ4n) is 1.36. The van der Waals surface area contributed by atoms with Crippen molar-refractivity contribution in [3.05, 3.63) is 21.7 Å². The van der Waals surface area contributed by atoms with Gasteiger partial charge in [0.2, 0.25) is 0 Å². The van der Waals surface area contributed by atoms with Crippen LogP contribution in [0.25, 0.3) is 6.08 Å². The maximum atomic E-state index is 11.2. The van der Waals surface area contributed by atoms with E-state index in [4.69, 9.17) is 5.11 Å². The molecule has 0 saturated carbocycles. The van der Waals surface area contributed by atoms with Crippen molar-refractivity contribution in [1.29, 1.82) is 0 Å². The monoisotopic (exact) mass is 289 g/mol. The minimum absolute atomic E-state index is 0.113. The number of rotatable bonds is 5. The van der Waals surface area contributed by atoms with Gasteiger partial charge in [0.25, 0.3) is 0 Å². The third-order valence-electron chi connectivity index (χ3n) is 2.04. The highest BCUT2D eigenvalue weighted by atomic mass is 32.2. The second-order valence-electron chi connectivity index (χ2n) is 4.25. The highest BCUT2D eigenvalue weighted by Crippen LogP contribution is 2.27. The van der Waals surface area contributed by atoms with Gasteiger partial charge < -0.3 is 5.11 Å². The van der Waals surface area contributed by atoms with Gasteiger partial charge in [0, 0.05) is 12.3 Å². The molecule has 18 heavy (non-hydrogen) atoms. The van der Waals surface area contributed by atoms with Crippen LogP contribution in [0, 0.1) is 0 Å². The molecule has 5 nitrogen and oxygen atoms in total. The van der Waals surface area contributed by atoms with Gasteiger partial charge in [-0.05, 0) is 12.0 Å². The average Bonchev–Trinajstić information content (AvgIpc) is 2.55. The molecule has 100 valence electrons. The van der Waals surface area contributed by atoms with E-state index in [2.05, 4.69) is 4.98 Å².